The second-order valence-corrected chi connectivity index (χ2v) is 9.30. The Kier molecular flexibility index (Phi) is 3.67. The molecule has 4 aliphatic carbocycles. The van der Waals surface area contributed by atoms with Gasteiger partial charge in [0.1, 0.15) is 5.78 Å². The van der Waals surface area contributed by atoms with E-state index in [4.69, 9.17) is 5.73 Å². The molecule has 2 N–H and O–H groups in total. The van der Waals surface area contributed by atoms with Crippen molar-refractivity contribution in [2.75, 3.05) is 0 Å². The summed E-state index contributed by atoms with van der Waals surface area (Å²) >= 11 is 0. The van der Waals surface area contributed by atoms with Crippen LogP contribution in [-0.4, -0.2) is 11.8 Å². The highest BCUT2D eigenvalue weighted by Gasteiger charge is 2.56. The molecule has 0 bridgehead atoms. The third kappa shape index (κ3) is 2.12. The number of fused-ring (bicyclic) bond motifs is 5. The van der Waals surface area contributed by atoms with Crippen molar-refractivity contribution in [3.05, 3.63) is 0 Å². The predicted octanol–water partition coefficient (Wildman–Crippen LogP) is 4.17. The molecule has 124 valence electrons. The van der Waals surface area contributed by atoms with Crippen LogP contribution in [0.1, 0.15) is 71.6 Å². The van der Waals surface area contributed by atoms with Gasteiger partial charge in [0, 0.05) is 18.9 Å². The van der Waals surface area contributed by atoms with Crippen LogP contribution >= 0.6 is 0 Å². The van der Waals surface area contributed by atoms with E-state index >= 15 is 0 Å². The van der Waals surface area contributed by atoms with Gasteiger partial charge < -0.3 is 5.73 Å². The molecular weight excluding hydrogens is 270 g/mol. The van der Waals surface area contributed by atoms with Gasteiger partial charge in [-0.25, -0.2) is 0 Å². The number of hydrogen-bond donors (Lipinski definition) is 1. The van der Waals surface area contributed by atoms with Gasteiger partial charge >= 0.3 is 0 Å². The summed E-state index contributed by atoms with van der Waals surface area (Å²) in [4.78, 5) is 11.9. The van der Waals surface area contributed by atoms with Crippen molar-refractivity contribution in [1.82, 2.24) is 0 Å². The summed E-state index contributed by atoms with van der Waals surface area (Å²) in [6.45, 7) is 4.77. The Morgan fingerprint density at radius 2 is 1.77 bits per heavy atom. The quantitative estimate of drug-likeness (QED) is 0.790. The molecule has 0 radical (unpaired) electrons. The molecule has 0 amide bonds. The van der Waals surface area contributed by atoms with Gasteiger partial charge in [0.15, 0.2) is 0 Å². The lowest BCUT2D eigenvalue weighted by molar-refractivity contribution is -0.135. The van der Waals surface area contributed by atoms with Gasteiger partial charge in [0.05, 0.1) is 0 Å². The summed E-state index contributed by atoms with van der Waals surface area (Å²) < 4.78 is 0. The Hall–Kier alpha value is -0.370. The Morgan fingerprint density at radius 1 is 1.05 bits per heavy atom. The van der Waals surface area contributed by atoms with E-state index in [0.717, 1.165) is 42.4 Å². The zero-order valence-corrected chi connectivity index (χ0v) is 14.4. The van der Waals surface area contributed by atoms with E-state index in [1.807, 2.05) is 0 Å². The van der Waals surface area contributed by atoms with Crippen LogP contribution in [0, 0.1) is 40.9 Å². The highest BCUT2D eigenvalue weighted by molar-refractivity contribution is 5.79. The summed E-state index contributed by atoms with van der Waals surface area (Å²) in [6, 6.07) is 0.380. The molecule has 0 aromatic carbocycles. The first kappa shape index (κ1) is 15.2. The molecular formula is C20H33NO. The largest absolute Gasteiger partial charge is 0.328 e. The maximum atomic E-state index is 11.9. The van der Waals surface area contributed by atoms with Crippen molar-refractivity contribution in [3.63, 3.8) is 0 Å². The van der Waals surface area contributed by atoms with Crippen molar-refractivity contribution in [1.29, 1.82) is 0 Å². The number of carbonyl (C=O) groups excluding carboxylic acids is 1. The maximum Gasteiger partial charge on any atom is 0.133 e. The van der Waals surface area contributed by atoms with Crippen molar-refractivity contribution < 1.29 is 4.79 Å². The van der Waals surface area contributed by atoms with Gasteiger partial charge in [-0.05, 0) is 92.8 Å². The van der Waals surface area contributed by atoms with Gasteiger partial charge in [-0.1, -0.05) is 6.92 Å². The Morgan fingerprint density at radius 3 is 2.55 bits per heavy atom. The smallest absolute Gasteiger partial charge is 0.133 e. The second kappa shape index (κ2) is 5.33. The zero-order chi connectivity index (χ0) is 15.5. The first-order valence-corrected chi connectivity index (χ1v) is 9.78. The molecule has 22 heavy (non-hydrogen) atoms. The van der Waals surface area contributed by atoms with Gasteiger partial charge in [-0.15, -0.1) is 0 Å². The molecule has 2 nitrogen and oxygen atoms in total. The SMILES string of the molecule is C[C@H](N)[C@H]1CCC2C3CC[C@H]4CC(=O)CC[C@]4(C)C3CCC21. The van der Waals surface area contributed by atoms with Crippen molar-refractivity contribution in [3.8, 4) is 0 Å². The molecule has 4 saturated carbocycles. The van der Waals surface area contributed by atoms with Crippen LogP contribution in [0.2, 0.25) is 0 Å². The summed E-state index contributed by atoms with van der Waals surface area (Å²) in [5.74, 6) is 5.70. The van der Waals surface area contributed by atoms with E-state index in [1.165, 1.54) is 44.9 Å². The number of hydrogen-bond acceptors (Lipinski definition) is 2. The lowest BCUT2D eigenvalue weighted by Crippen LogP contribution is -2.51. The van der Waals surface area contributed by atoms with Crippen molar-refractivity contribution in [2.24, 2.45) is 46.7 Å². The molecule has 2 heteroatoms. The molecule has 0 aliphatic heterocycles. The summed E-state index contributed by atoms with van der Waals surface area (Å²) in [5.41, 5.74) is 6.75. The average molecular weight is 303 g/mol. The molecule has 4 unspecified atom stereocenters. The topological polar surface area (TPSA) is 43.1 Å². The van der Waals surface area contributed by atoms with Gasteiger partial charge in [-0.2, -0.15) is 0 Å². The second-order valence-electron chi connectivity index (χ2n) is 9.30. The van der Waals surface area contributed by atoms with Crippen LogP contribution < -0.4 is 5.73 Å². The monoisotopic (exact) mass is 303 g/mol. The fourth-order valence-electron chi connectivity index (χ4n) is 7.40. The molecule has 4 fully saturated rings. The van der Waals surface area contributed by atoms with Crippen molar-refractivity contribution >= 4 is 5.78 Å². The van der Waals surface area contributed by atoms with E-state index in [1.54, 1.807) is 0 Å². The number of carbonyl (C=O) groups is 1. The van der Waals surface area contributed by atoms with Crippen LogP contribution in [0.3, 0.4) is 0 Å². The van der Waals surface area contributed by atoms with E-state index in [9.17, 15) is 4.79 Å². The van der Waals surface area contributed by atoms with Gasteiger partial charge in [0.25, 0.3) is 0 Å². The highest BCUT2D eigenvalue weighted by atomic mass is 16.1. The van der Waals surface area contributed by atoms with E-state index in [-0.39, 0.29) is 0 Å². The fourth-order valence-corrected chi connectivity index (χ4v) is 7.40. The molecule has 0 aromatic heterocycles. The van der Waals surface area contributed by atoms with E-state index in [2.05, 4.69) is 13.8 Å². The van der Waals surface area contributed by atoms with Gasteiger partial charge in [0.2, 0.25) is 0 Å². The molecule has 0 spiro atoms. The molecule has 0 saturated heterocycles. The first-order valence-electron chi connectivity index (χ1n) is 9.78. The Balaban J connectivity index is 1.57. The summed E-state index contributed by atoms with van der Waals surface area (Å²) in [5, 5.41) is 0. The lowest BCUT2D eigenvalue weighted by Gasteiger charge is -2.58. The maximum absolute atomic E-state index is 11.9. The molecule has 4 aliphatic rings. The summed E-state index contributed by atoms with van der Waals surface area (Å²) in [7, 11) is 0. The minimum Gasteiger partial charge on any atom is -0.328 e. The minimum atomic E-state index is 0.380. The molecule has 4 rings (SSSR count). The third-order valence-electron chi connectivity index (χ3n) is 8.53. The van der Waals surface area contributed by atoms with Crippen LogP contribution in [0.25, 0.3) is 0 Å². The molecule has 8 atom stereocenters. The molecule has 0 heterocycles. The van der Waals surface area contributed by atoms with Crippen LogP contribution in [0.15, 0.2) is 0 Å². The standard InChI is InChI=1S/C20H33NO/c1-12(21)15-5-6-17-16(15)7-8-19-18(17)4-3-13-11-14(22)9-10-20(13,19)2/h12-13,15-19H,3-11,21H2,1-2H3/t12-,13-,15+,16?,17?,18?,19?,20-/m0/s1. The van der Waals surface area contributed by atoms with Crippen molar-refractivity contribution in [2.45, 2.75) is 77.7 Å². The third-order valence-corrected chi connectivity index (χ3v) is 8.53. The lowest BCUT2D eigenvalue weighted by atomic mass is 9.47. The highest BCUT2D eigenvalue weighted by Crippen LogP contribution is 2.63. The van der Waals surface area contributed by atoms with Crippen LogP contribution in [0.4, 0.5) is 0 Å². The number of rotatable bonds is 1. The minimum absolute atomic E-state index is 0.380. The van der Waals surface area contributed by atoms with Gasteiger partial charge in [-0.3, -0.25) is 4.79 Å². The van der Waals surface area contributed by atoms with E-state index in [0.29, 0.717) is 23.2 Å². The Labute approximate surface area is 135 Å². The first-order chi connectivity index (χ1) is 10.5. The average Bonchev–Trinajstić information content (AvgIpc) is 2.92. The predicted molar refractivity (Wildman–Crippen MR) is 89.3 cm³/mol. The number of ketones is 1. The number of Topliss-reactive ketones (excluding diaryl/α,β-unsaturated/α-hetero) is 1. The van der Waals surface area contributed by atoms with Crippen LogP contribution in [0.5, 0.6) is 0 Å². The van der Waals surface area contributed by atoms with Crippen LogP contribution in [-0.2, 0) is 4.79 Å². The fraction of sp³-hybridized carbons (Fsp3) is 0.950. The Bertz CT molecular complexity index is 459. The zero-order valence-electron chi connectivity index (χ0n) is 14.4. The summed E-state index contributed by atoms with van der Waals surface area (Å²) in [6.07, 6.45) is 11.2. The van der Waals surface area contributed by atoms with E-state index < -0.39 is 0 Å². The normalized spacial score (nSPS) is 52.6. The molecule has 0 aromatic rings. The number of nitrogens with two attached hydrogens (primary N) is 1.